The predicted molar refractivity (Wildman–Crippen MR) is 269 cm³/mol. The minimum absolute atomic E-state index is 1.13. The molecule has 0 aliphatic carbocycles. The highest BCUT2D eigenvalue weighted by Crippen LogP contribution is 2.44. The van der Waals surface area contributed by atoms with Crippen LogP contribution in [0.2, 0.25) is 0 Å². The van der Waals surface area contributed by atoms with Crippen molar-refractivity contribution < 1.29 is 0 Å². The van der Waals surface area contributed by atoms with Crippen LogP contribution in [-0.2, 0) is 0 Å². The van der Waals surface area contributed by atoms with Crippen molar-refractivity contribution in [2.45, 2.75) is 0 Å². The Morgan fingerprint density at radius 3 is 1.16 bits per heavy atom. The van der Waals surface area contributed by atoms with E-state index in [-0.39, 0.29) is 0 Å². The topological polar surface area (TPSA) is 19.7 Å². The number of benzene rings is 10. The quantitative estimate of drug-likeness (QED) is 0.165. The number of aromatic nitrogens is 4. The monoisotopic (exact) mass is 814 g/mol. The summed E-state index contributed by atoms with van der Waals surface area (Å²) in [7, 11) is 0. The van der Waals surface area contributed by atoms with E-state index in [4.69, 9.17) is 0 Å². The molecule has 0 N–H and O–H groups in total. The van der Waals surface area contributed by atoms with Gasteiger partial charge in [0.05, 0.1) is 44.1 Å². The van der Waals surface area contributed by atoms with Crippen LogP contribution < -0.4 is 0 Å². The molecule has 14 aromatic rings. The van der Waals surface area contributed by atoms with Crippen LogP contribution in [0.1, 0.15) is 0 Å². The van der Waals surface area contributed by atoms with E-state index in [0.29, 0.717) is 0 Å². The predicted octanol–water partition coefficient (Wildman–Crippen LogP) is 15.7. The molecule has 0 saturated heterocycles. The van der Waals surface area contributed by atoms with Gasteiger partial charge in [-0.25, -0.2) is 0 Å². The summed E-state index contributed by atoms with van der Waals surface area (Å²) in [5, 5.41) is 9.94. The smallest absolute Gasteiger partial charge is 0.0641 e. The summed E-state index contributed by atoms with van der Waals surface area (Å²) in [5.41, 5.74) is 16.6. The molecular weight excluding hydrogens is 777 g/mol. The van der Waals surface area contributed by atoms with Crippen molar-refractivity contribution in [3.63, 3.8) is 0 Å². The van der Waals surface area contributed by atoms with E-state index in [9.17, 15) is 0 Å². The zero-order valence-corrected chi connectivity index (χ0v) is 34.7. The van der Waals surface area contributed by atoms with Crippen LogP contribution in [0.4, 0.5) is 0 Å². The molecule has 0 amide bonds. The molecule has 0 spiro atoms. The van der Waals surface area contributed by atoms with Crippen molar-refractivity contribution in [3.8, 4) is 33.9 Å². The van der Waals surface area contributed by atoms with Gasteiger partial charge in [-0.1, -0.05) is 127 Å². The van der Waals surface area contributed by atoms with Gasteiger partial charge in [0, 0.05) is 65.8 Å². The van der Waals surface area contributed by atoms with Crippen molar-refractivity contribution >= 4 is 87.2 Å². The van der Waals surface area contributed by atoms with E-state index in [2.05, 4.69) is 249 Å². The lowest BCUT2D eigenvalue weighted by atomic mass is 10.0. The molecular formula is C60H38N4. The molecule has 14 rings (SSSR count). The van der Waals surface area contributed by atoms with Gasteiger partial charge in [0.2, 0.25) is 0 Å². The van der Waals surface area contributed by atoms with Crippen molar-refractivity contribution in [3.05, 3.63) is 231 Å². The molecule has 0 aliphatic heterocycles. The number of para-hydroxylation sites is 6. The highest BCUT2D eigenvalue weighted by atomic mass is 15.0. The molecule has 0 saturated carbocycles. The second kappa shape index (κ2) is 13.4. The van der Waals surface area contributed by atoms with Gasteiger partial charge in [-0.15, -0.1) is 0 Å². The van der Waals surface area contributed by atoms with E-state index < -0.39 is 0 Å². The number of hydrogen-bond acceptors (Lipinski definition) is 0. The van der Waals surface area contributed by atoms with Crippen molar-refractivity contribution in [1.29, 1.82) is 0 Å². The number of hydrogen-bond donors (Lipinski definition) is 0. The van der Waals surface area contributed by atoms with Crippen molar-refractivity contribution in [2.75, 3.05) is 0 Å². The maximum Gasteiger partial charge on any atom is 0.0641 e. The fourth-order valence-corrected chi connectivity index (χ4v) is 10.8. The zero-order valence-electron chi connectivity index (χ0n) is 34.7. The number of nitrogens with zero attached hydrogens (tertiary/aromatic N) is 4. The molecule has 0 unspecified atom stereocenters. The minimum atomic E-state index is 1.13. The molecule has 4 heterocycles. The SMILES string of the molecule is c1ccc(-n2c3ccccc3c3cc(-c4ccc5c(c4)c4cc(-n6c7ccccc7c7c6ccc6c8ccccc8n(-c8ccccc8)c67)ccc4n5-c4ccccc4)ccc32)cc1. The second-order valence-corrected chi connectivity index (χ2v) is 16.9. The normalized spacial score (nSPS) is 12.1. The van der Waals surface area contributed by atoms with Crippen molar-refractivity contribution in [1.82, 2.24) is 18.3 Å². The molecule has 64 heavy (non-hydrogen) atoms. The summed E-state index contributed by atoms with van der Waals surface area (Å²) in [4.78, 5) is 0. The highest BCUT2D eigenvalue weighted by Gasteiger charge is 2.22. The van der Waals surface area contributed by atoms with Gasteiger partial charge in [0.15, 0.2) is 0 Å². The molecule has 0 atom stereocenters. The van der Waals surface area contributed by atoms with Crippen molar-refractivity contribution in [2.24, 2.45) is 0 Å². The molecule has 0 radical (unpaired) electrons. The third-order valence-electron chi connectivity index (χ3n) is 13.5. The van der Waals surface area contributed by atoms with Crippen LogP contribution in [0, 0.1) is 0 Å². The summed E-state index contributed by atoms with van der Waals surface area (Å²) in [6.07, 6.45) is 0. The lowest BCUT2D eigenvalue weighted by Crippen LogP contribution is -1.96. The minimum Gasteiger partial charge on any atom is -0.309 e. The number of fused-ring (bicyclic) bond motifs is 13. The Labute approximate surface area is 368 Å². The molecule has 0 fully saturated rings. The first kappa shape index (κ1) is 35.0. The maximum absolute atomic E-state index is 2.47. The van der Waals surface area contributed by atoms with Crippen LogP contribution in [0.5, 0.6) is 0 Å². The van der Waals surface area contributed by atoms with Gasteiger partial charge in [0.1, 0.15) is 0 Å². The summed E-state index contributed by atoms with van der Waals surface area (Å²) in [6.45, 7) is 0. The van der Waals surface area contributed by atoms with Gasteiger partial charge >= 0.3 is 0 Å². The van der Waals surface area contributed by atoms with E-state index in [1.807, 2.05) is 0 Å². The lowest BCUT2D eigenvalue weighted by Gasteiger charge is -2.11. The Morgan fingerprint density at radius 1 is 0.203 bits per heavy atom. The Morgan fingerprint density at radius 2 is 0.578 bits per heavy atom. The van der Waals surface area contributed by atoms with Gasteiger partial charge < -0.3 is 18.3 Å². The first-order chi connectivity index (χ1) is 31.8. The third kappa shape index (κ3) is 4.93. The third-order valence-corrected chi connectivity index (χ3v) is 13.5. The first-order valence-electron chi connectivity index (χ1n) is 22.0. The Bertz CT molecular complexity index is 4170. The Kier molecular flexibility index (Phi) is 7.36. The molecule has 4 aromatic heterocycles. The van der Waals surface area contributed by atoms with E-state index in [1.54, 1.807) is 0 Å². The lowest BCUT2D eigenvalue weighted by molar-refractivity contribution is 1.16. The summed E-state index contributed by atoms with van der Waals surface area (Å²) >= 11 is 0. The zero-order chi connectivity index (χ0) is 41.9. The highest BCUT2D eigenvalue weighted by molar-refractivity contribution is 6.26. The molecule has 0 bridgehead atoms. The van der Waals surface area contributed by atoms with Gasteiger partial charge in [-0.2, -0.15) is 0 Å². The summed E-state index contributed by atoms with van der Waals surface area (Å²) < 4.78 is 9.73. The van der Waals surface area contributed by atoms with Crippen LogP contribution in [0.15, 0.2) is 231 Å². The van der Waals surface area contributed by atoms with E-state index >= 15 is 0 Å². The van der Waals surface area contributed by atoms with Crippen LogP contribution >= 0.6 is 0 Å². The second-order valence-electron chi connectivity index (χ2n) is 16.9. The van der Waals surface area contributed by atoms with Crippen LogP contribution in [0.3, 0.4) is 0 Å². The fourth-order valence-electron chi connectivity index (χ4n) is 10.8. The molecule has 4 nitrogen and oxygen atoms in total. The summed E-state index contributed by atoms with van der Waals surface area (Å²) in [6, 6.07) is 84.4. The largest absolute Gasteiger partial charge is 0.309 e. The number of rotatable bonds is 5. The average molecular weight is 815 g/mol. The maximum atomic E-state index is 2.47. The van der Waals surface area contributed by atoms with E-state index in [0.717, 1.165) is 17.1 Å². The Hall–Kier alpha value is -8.60. The molecule has 298 valence electrons. The molecule has 4 heteroatoms. The van der Waals surface area contributed by atoms with Gasteiger partial charge in [-0.3, -0.25) is 0 Å². The van der Waals surface area contributed by atoms with Crippen LogP contribution in [0.25, 0.3) is 121 Å². The fraction of sp³-hybridized carbons (Fsp3) is 0. The molecule has 0 aliphatic rings. The summed E-state index contributed by atoms with van der Waals surface area (Å²) in [5.74, 6) is 0. The van der Waals surface area contributed by atoms with Crippen LogP contribution in [-0.4, -0.2) is 18.3 Å². The standard InChI is InChI=1S/C60H38N4/c1-4-16-41(17-5-1)61-52-25-13-11-23-46(52)49-36-39(28-32-55(49)61)40-29-33-56-50(37-40)51-38-44(30-34-57(51)62(56)42-18-6-2-7-19-42)63-54-27-15-12-24-48(54)59-58(63)35-31-47-45-22-10-14-26-53(45)64(60(47)59)43-20-8-3-9-21-43/h1-38H. The Balaban J connectivity index is 1.02. The van der Waals surface area contributed by atoms with E-state index in [1.165, 1.54) is 104 Å². The van der Waals surface area contributed by atoms with Gasteiger partial charge in [0.25, 0.3) is 0 Å². The molecule has 10 aromatic carbocycles. The average Bonchev–Trinajstić information content (AvgIpc) is 4.09. The first-order valence-corrected chi connectivity index (χ1v) is 22.0. The van der Waals surface area contributed by atoms with Gasteiger partial charge in [-0.05, 0) is 114 Å².